The summed E-state index contributed by atoms with van der Waals surface area (Å²) in [4.78, 5) is 11.7. The van der Waals surface area contributed by atoms with Gasteiger partial charge in [0.2, 0.25) is 0 Å². The van der Waals surface area contributed by atoms with Gasteiger partial charge in [0.25, 0.3) is 5.91 Å². The fourth-order valence-electron chi connectivity index (χ4n) is 1.61. The van der Waals surface area contributed by atoms with Crippen molar-refractivity contribution in [1.29, 1.82) is 0 Å². The van der Waals surface area contributed by atoms with E-state index in [0.29, 0.717) is 27.4 Å². The van der Waals surface area contributed by atoms with E-state index < -0.39 is 0 Å². The first kappa shape index (κ1) is 16.0. The zero-order valence-electron chi connectivity index (χ0n) is 10.9. The molecule has 0 atom stereocenters. The van der Waals surface area contributed by atoms with Gasteiger partial charge in [-0.1, -0.05) is 46.9 Å². The summed E-state index contributed by atoms with van der Waals surface area (Å²) in [5.41, 5.74) is 0.922. The van der Waals surface area contributed by atoms with Gasteiger partial charge in [-0.2, -0.15) is 0 Å². The molecule has 2 aromatic carbocycles. The standard InChI is InChI=1S/C15H12Cl3NO2/c16-11-3-1-2-10(6-11)8-19-15(20)9-21-12-4-5-13(17)14(18)7-12/h1-7H,8-9H2,(H,19,20). The predicted molar refractivity (Wildman–Crippen MR) is 85.3 cm³/mol. The molecule has 2 rings (SSSR count). The van der Waals surface area contributed by atoms with Crippen molar-refractivity contribution in [2.45, 2.75) is 6.54 Å². The summed E-state index contributed by atoms with van der Waals surface area (Å²) in [7, 11) is 0. The second-order valence-electron chi connectivity index (χ2n) is 4.27. The van der Waals surface area contributed by atoms with Crippen molar-refractivity contribution in [2.24, 2.45) is 0 Å². The van der Waals surface area contributed by atoms with E-state index >= 15 is 0 Å². The first-order chi connectivity index (χ1) is 10.0. The molecular formula is C15H12Cl3NO2. The van der Waals surface area contributed by atoms with Gasteiger partial charge in [0.15, 0.2) is 6.61 Å². The van der Waals surface area contributed by atoms with Crippen LogP contribution in [0.25, 0.3) is 0 Å². The lowest BCUT2D eigenvalue weighted by molar-refractivity contribution is -0.123. The molecule has 0 fully saturated rings. The predicted octanol–water partition coefficient (Wildman–Crippen LogP) is 4.34. The molecule has 0 aliphatic carbocycles. The van der Waals surface area contributed by atoms with E-state index in [4.69, 9.17) is 39.5 Å². The van der Waals surface area contributed by atoms with Crippen LogP contribution in [0.5, 0.6) is 5.75 Å². The second-order valence-corrected chi connectivity index (χ2v) is 5.52. The summed E-state index contributed by atoms with van der Waals surface area (Å²) in [6.07, 6.45) is 0. The molecular weight excluding hydrogens is 333 g/mol. The fourth-order valence-corrected chi connectivity index (χ4v) is 2.12. The van der Waals surface area contributed by atoms with Crippen LogP contribution < -0.4 is 10.1 Å². The molecule has 0 radical (unpaired) electrons. The number of carbonyl (C=O) groups is 1. The number of carbonyl (C=O) groups excluding carboxylic acids is 1. The van der Waals surface area contributed by atoms with Gasteiger partial charge in [0.05, 0.1) is 10.0 Å². The van der Waals surface area contributed by atoms with Crippen molar-refractivity contribution in [3.05, 3.63) is 63.1 Å². The van der Waals surface area contributed by atoms with Crippen molar-refractivity contribution in [3.63, 3.8) is 0 Å². The monoisotopic (exact) mass is 343 g/mol. The molecule has 6 heteroatoms. The van der Waals surface area contributed by atoms with Gasteiger partial charge in [0, 0.05) is 17.6 Å². The lowest BCUT2D eigenvalue weighted by Crippen LogP contribution is -2.28. The molecule has 21 heavy (non-hydrogen) atoms. The lowest BCUT2D eigenvalue weighted by Gasteiger charge is -2.08. The molecule has 1 amide bonds. The van der Waals surface area contributed by atoms with Gasteiger partial charge in [-0.3, -0.25) is 4.79 Å². The summed E-state index contributed by atoms with van der Waals surface area (Å²) >= 11 is 17.5. The van der Waals surface area contributed by atoms with Crippen molar-refractivity contribution in [1.82, 2.24) is 5.32 Å². The van der Waals surface area contributed by atoms with Crippen LogP contribution in [0.1, 0.15) is 5.56 Å². The average molecular weight is 345 g/mol. The van der Waals surface area contributed by atoms with Crippen molar-refractivity contribution >= 4 is 40.7 Å². The van der Waals surface area contributed by atoms with Gasteiger partial charge in [0.1, 0.15) is 5.75 Å². The maximum absolute atomic E-state index is 11.7. The highest BCUT2D eigenvalue weighted by atomic mass is 35.5. The summed E-state index contributed by atoms with van der Waals surface area (Å²) in [5, 5.41) is 4.20. The minimum Gasteiger partial charge on any atom is -0.484 e. The third-order valence-corrected chi connectivity index (χ3v) is 3.61. The Kier molecular flexibility index (Phi) is 5.74. The number of nitrogens with one attached hydrogen (secondary N) is 1. The van der Waals surface area contributed by atoms with Gasteiger partial charge in [-0.25, -0.2) is 0 Å². The molecule has 3 nitrogen and oxygen atoms in total. The van der Waals surface area contributed by atoms with Crippen LogP contribution in [0.3, 0.4) is 0 Å². The number of amides is 1. The molecule has 0 bridgehead atoms. The zero-order valence-corrected chi connectivity index (χ0v) is 13.2. The Labute approximate surface area is 137 Å². The molecule has 1 N–H and O–H groups in total. The van der Waals surface area contributed by atoms with E-state index in [1.807, 2.05) is 12.1 Å². The van der Waals surface area contributed by atoms with Gasteiger partial charge < -0.3 is 10.1 Å². The molecule has 0 aliphatic heterocycles. The normalized spacial score (nSPS) is 10.2. The van der Waals surface area contributed by atoms with E-state index in [1.165, 1.54) is 0 Å². The quantitative estimate of drug-likeness (QED) is 0.876. The smallest absolute Gasteiger partial charge is 0.258 e. The van der Waals surface area contributed by atoms with Crippen molar-refractivity contribution in [2.75, 3.05) is 6.61 Å². The van der Waals surface area contributed by atoms with E-state index in [2.05, 4.69) is 5.32 Å². The van der Waals surface area contributed by atoms with Crippen LogP contribution in [0.2, 0.25) is 15.1 Å². The molecule has 0 heterocycles. The Balaban J connectivity index is 1.80. The van der Waals surface area contributed by atoms with Crippen LogP contribution in [0.15, 0.2) is 42.5 Å². The summed E-state index contributed by atoms with van der Waals surface area (Å²) in [5.74, 6) is 0.253. The minimum atomic E-state index is -0.235. The third-order valence-electron chi connectivity index (χ3n) is 2.64. The highest BCUT2D eigenvalue weighted by Gasteiger charge is 2.05. The van der Waals surface area contributed by atoms with Crippen LogP contribution in [-0.4, -0.2) is 12.5 Å². The second kappa shape index (κ2) is 7.55. The van der Waals surface area contributed by atoms with Crippen LogP contribution in [0.4, 0.5) is 0 Å². The summed E-state index contributed by atoms with van der Waals surface area (Å²) in [6, 6.07) is 12.1. The van der Waals surface area contributed by atoms with E-state index in [-0.39, 0.29) is 12.5 Å². The zero-order chi connectivity index (χ0) is 15.2. The molecule has 0 unspecified atom stereocenters. The summed E-state index contributed by atoms with van der Waals surface area (Å²) < 4.78 is 5.33. The molecule has 110 valence electrons. The van der Waals surface area contributed by atoms with Gasteiger partial charge in [-0.05, 0) is 29.8 Å². The molecule has 0 aliphatic rings. The minimum absolute atomic E-state index is 0.0987. The molecule has 0 aromatic heterocycles. The van der Waals surface area contributed by atoms with E-state index in [9.17, 15) is 4.79 Å². The number of hydrogen-bond acceptors (Lipinski definition) is 2. The maximum atomic E-state index is 11.7. The molecule has 0 spiro atoms. The Morgan fingerprint density at radius 2 is 1.86 bits per heavy atom. The Hall–Kier alpha value is -1.42. The maximum Gasteiger partial charge on any atom is 0.258 e. The largest absolute Gasteiger partial charge is 0.484 e. The first-order valence-electron chi connectivity index (χ1n) is 6.13. The Morgan fingerprint density at radius 3 is 2.57 bits per heavy atom. The van der Waals surface area contributed by atoms with Crippen molar-refractivity contribution in [3.8, 4) is 5.75 Å². The number of ether oxygens (including phenoxy) is 1. The fraction of sp³-hybridized carbons (Fsp3) is 0.133. The Bertz CT molecular complexity index is 647. The molecule has 2 aromatic rings. The van der Waals surface area contributed by atoms with E-state index in [0.717, 1.165) is 5.56 Å². The van der Waals surface area contributed by atoms with Gasteiger partial charge >= 0.3 is 0 Å². The van der Waals surface area contributed by atoms with Crippen LogP contribution in [-0.2, 0) is 11.3 Å². The van der Waals surface area contributed by atoms with Gasteiger partial charge in [-0.15, -0.1) is 0 Å². The number of hydrogen-bond donors (Lipinski definition) is 1. The topological polar surface area (TPSA) is 38.3 Å². The highest BCUT2D eigenvalue weighted by Crippen LogP contribution is 2.26. The number of benzene rings is 2. The molecule has 0 saturated heterocycles. The van der Waals surface area contributed by atoms with E-state index in [1.54, 1.807) is 30.3 Å². The highest BCUT2D eigenvalue weighted by molar-refractivity contribution is 6.42. The number of rotatable bonds is 5. The number of halogens is 3. The van der Waals surface area contributed by atoms with Crippen LogP contribution >= 0.6 is 34.8 Å². The van der Waals surface area contributed by atoms with Crippen LogP contribution in [0, 0.1) is 0 Å². The summed E-state index contributed by atoms with van der Waals surface area (Å²) in [6.45, 7) is 0.294. The average Bonchev–Trinajstić information content (AvgIpc) is 2.46. The third kappa shape index (κ3) is 5.12. The van der Waals surface area contributed by atoms with Crippen molar-refractivity contribution < 1.29 is 9.53 Å². The Morgan fingerprint density at radius 1 is 1.05 bits per heavy atom. The molecule has 0 saturated carbocycles. The first-order valence-corrected chi connectivity index (χ1v) is 7.27. The SMILES string of the molecule is O=C(COc1ccc(Cl)c(Cl)c1)NCc1cccc(Cl)c1. The lowest BCUT2D eigenvalue weighted by atomic mass is 10.2.